The van der Waals surface area contributed by atoms with E-state index in [9.17, 15) is 4.79 Å². The van der Waals surface area contributed by atoms with Gasteiger partial charge in [-0.15, -0.1) is 0 Å². The third-order valence-corrected chi connectivity index (χ3v) is 4.60. The van der Waals surface area contributed by atoms with Gasteiger partial charge in [0.2, 0.25) is 5.91 Å². The number of aryl methyl sites for hydroxylation is 2. The third kappa shape index (κ3) is 3.51. The van der Waals surface area contributed by atoms with Crippen molar-refractivity contribution < 1.29 is 4.79 Å². The highest BCUT2D eigenvalue weighted by Crippen LogP contribution is 2.30. The summed E-state index contributed by atoms with van der Waals surface area (Å²) in [7, 11) is 0. The molecule has 2 heterocycles. The van der Waals surface area contributed by atoms with Crippen LogP contribution in [-0.2, 0) is 11.2 Å². The van der Waals surface area contributed by atoms with Gasteiger partial charge < -0.3 is 4.90 Å². The Balaban J connectivity index is 1.70. The number of hydrogen-bond donors (Lipinski definition) is 0. The van der Waals surface area contributed by atoms with Crippen LogP contribution >= 0.6 is 0 Å². The number of nitrogens with zero attached hydrogens (tertiary/aromatic N) is 5. The van der Waals surface area contributed by atoms with Crippen LogP contribution in [0.5, 0.6) is 0 Å². The molecular weight excluding hydrogens is 290 g/mol. The lowest BCUT2D eigenvalue weighted by Gasteiger charge is -2.22. The highest BCUT2D eigenvalue weighted by atomic mass is 16.2. The second-order valence-electron chi connectivity index (χ2n) is 6.52. The molecule has 0 bridgehead atoms. The summed E-state index contributed by atoms with van der Waals surface area (Å²) in [6.45, 7) is 7.93. The Bertz CT molecular complexity index is 704. The second kappa shape index (κ2) is 6.64. The summed E-state index contributed by atoms with van der Waals surface area (Å²) in [5.74, 6) is 1.62. The first-order valence-corrected chi connectivity index (χ1v) is 8.53. The number of fused-ring (bicyclic) bond motifs is 1. The molecule has 23 heavy (non-hydrogen) atoms. The van der Waals surface area contributed by atoms with Gasteiger partial charge in [0.1, 0.15) is 6.33 Å². The lowest BCUT2D eigenvalue weighted by atomic mass is 10.1. The van der Waals surface area contributed by atoms with Crippen LogP contribution in [-0.4, -0.2) is 43.5 Å². The molecule has 0 spiro atoms. The molecule has 124 valence electrons. The van der Waals surface area contributed by atoms with Gasteiger partial charge in [-0.2, -0.15) is 10.1 Å². The lowest BCUT2D eigenvalue weighted by Crippen LogP contribution is -2.33. The van der Waals surface area contributed by atoms with Crippen molar-refractivity contribution in [3.63, 3.8) is 0 Å². The van der Waals surface area contributed by atoms with E-state index in [2.05, 4.69) is 22.0 Å². The highest BCUT2D eigenvalue weighted by Gasteiger charge is 2.26. The zero-order valence-electron chi connectivity index (χ0n) is 14.2. The Hall–Kier alpha value is -1.98. The molecule has 0 aliphatic heterocycles. The molecule has 1 aliphatic rings. The summed E-state index contributed by atoms with van der Waals surface area (Å²) in [5, 5.41) is 4.21. The molecule has 1 fully saturated rings. The number of carbonyl (C=O) groups is 1. The smallest absolute Gasteiger partial charge is 0.252 e. The van der Waals surface area contributed by atoms with Crippen molar-refractivity contribution in [2.45, 2.75) is 52.9 Å². The minimum absolute atomic E-state index is 0.260. The summed E-state index contributed by atoms with van der Waals surface area (Å²) in [5.41, 5.74) is 3.08. The Morgan fingerprint density at radius 3 is 2.87 bits per heavy atom. The van der Waals surface area contributed by atoms with E-state index in [1.807, 2.05) is 18.7 Å². The molecule has 1 amide bonds. The molecule has 0 aromatic carbocycles. The van der Waals surface area contributed by atoms with Crippen molar-refractivity contribution in [3.05, 3.63) is 23.3 Å². The molecule has 2 aromatic rings. The van der Waals surface area contributed by atoms with Gasteiger partial charge in [-0.3, -0.25) is 4.79 Å². The molecule has 0 atom stereocenters. The topological polar surface area (TPSA) is 63.4 Å². The van der Waals surface area contributed by atoms with Crippen LogP contribution in [0.15, 0.2) is 6.33 Å². The van der Waals surface area contributed by atoms with E-state index in [-0.39, 0.29) is 5.91 Å². The van der Waals surface area contributed by atoms with Crippen molar-refractivity contribution in [1.82, 2.24) is 24.5 Å². The zero-order valence-corrected chi connectivity index (χ0v) is 14.2. The van der Waals surface area contributed by atoms with E-state index >= 15 is 0 Å². The molecule has 3 rings (SSSR count). The molecule has 6 heteroatoms. The van der Waals surface area contributed by atoms with Gasteiger partial charge in [0.05, 0.1) is 0 Å². The maximum absolute atomic E-state index is 12.6. The van der Waals surface area contributed by atoms with Gasteiger partial charge >= 0.3 is 0 Å². The fourth-order valence-corrected chi connectivity index (χ4v) is 3.11. The molecule has 2 aromatic heterocycles. The summed E-state index contributed by atoms with van der Waals surface area (Å²) < 4.78 is 1.75. The largest absolute Gasteiger partial charge is 0.342 e. The maximum atomic E-state index is 12.6. The van der Waals surface area contributed by atoms with E-state index in [0.717, 1.165) is 42.4 Å². The fourth-order valence-electron chi connectivity index (χ4n) is 3.11. The minimum atomic E-state index is 0.260. The first-order valence-electron chi connectivity index (χ1n) is 8.53. The number of rotatable bonds is 7. The van der Waals surface area contributed by atoms with Crippen LogP contribution in [0.3, 0.4) is 0 Å². The quantitative estimate of drug-likeness (QED) is 0.786. The predicted molar refractivity (Wildman–Crippen MR) is 88.2 cm³/mol. The molecule has 0 radical (unpaired) electrons. The Labute approximate surface area is 136 Å². The van der Waals surface area contributed by atoms with Gasteiger partial charge in [-0.25, -0.2) is 9.50 Å². The molecule has 1 saturated carbocycles. The average Bonchev–Trinajstić information content (AvgIpc) is 3.21. The van der Waals surface area contributed by atoms with Crippen LogP contribution < -0.4 is 0 Å². The van der Waals surface area contributed by atoms with Gasteiger partial charge in [0.25, 0.3) is 5.78 Å². The summed E-state index contributed by atoms with van der Waals surface area (Å²) in [6.07, 6.45) is 6.34. The Morgan fingerprint density at radius 1 is 1.39 bits per heavy atom. The van der Waals surface area contributed by atoms with Crippen LogP contribution in [0.2, 0.25) is 0 Å². The van der Waals surface area contributed by atoms with Crippen molar-refractivity contribution in [2.75, 3.05) is 13.1 Å². The normalized spacial score (nSPS) is 14.4. The van der Waals surface area contributed by atoms with E-state index in [0.29, 0.717) is 18.6 Å². The van der Waals surface area contributed by atoms with Crippen molar-refractivity contribution in [1.29, 1.82) is 0 Å². The van der Waals surface area contributed by atoms with Crippen molar-refractivity contribution in [2.24, 2.45) is 5.92 Å². The summed E-state index contributed by atoms with van der Waals surface area (Å²) in [4.78, 5) is 23.2. The molecule has 1 aliphatic carbocycles. The first kappa shape index (κ1) is 15.9. The van der Waals surface area contributed by atoms with Crippen LogP contribution in [0.1, 0.15) is 49.6 Å². The van der Waals surface area contributed by atoms with Crippen molar-refractivity contribution in [3.8, 4) is 0 Å². The van der Waals surface area contributed by atoms with Gasteiger partial charge in [-0.1, -0.05) is 6.92 Å². The van der Waals surface area contributed by atoms with Crippen LogP contribution in [0.4, 0.5) is 0 Å². The number of hydrogen-bond acceptors (Lipinski definition) is 4. The SMILES string of the molecule is CCCN(CC1CC1)C(=O)CCc1c(C)nc2ncnn2c1C. The van der Waals surface area contributed by atoms with Gasteiger partial charge in [0, 0.05) is 30.9 Å². The highest BCUT2D eigenvalue weighted by molar-refractivity contribution is 5.76. The zero-order chi connectivity index (χ0) is 16.4. The molecule has 6 nitrogen and oxygen atoms in total. The molecule has 0 unspecified atom stereocenters. The lowest BCUT2D eigenvalue weighted by molar-refractivity contribution is -0.131. The minimum Gasteiger partial charge on any atom is -0.342 e. The van der Waals surface area contributed by atoms with E-state index < -0.39 is 0 Å². The third-order valence-electron chi connectivity index (χ3n) is 4.60. The second-order valence-corrected chi connectivity index (χ2v) is 6.52. The predicted octanol–water partition coefficient (Wildman–Crippen LogP) is 2.32. The van der Waals surface area contributed by atoms with Gasteiger partial charge in [-0.05, 0) is 51.0 Å². The standard InChI is InChI=1S/C17H25N5O/c1-4-9-21(10-14-5-6-14)16(23)8-7-15-12(2)20-17-18-11-19-22(17)13(15)3/h11,14H,4-10H2,1-3H3. The monoisotopic (exact) mass is 315 g/mol. The number of carbonyl (C=O) groups excluding carboxylic acids is 1. The first-order chi connectivity index (χ1) is 11.1. The van der Waals surface area contributed by atoms with E-state index in [1.165, 1.54) is 19.2 Å². The summed E-state index contributed by atoms with van der Waals surface area (Å²) >= 11 is 0. The molecule has 0 N–H and O–H groups in total. The van der Waals surface area contributed by atoms with Crippen molar-refractivity contribution >= 4 is 11.7 Å². The molecular formula is C17H25N5O. The number of aromatic nitrogens is 4. The van der Waals surface area contributed by atoms with Crippen LogP contribution in [0.25, 0.3) is 5.78 Å². The Kier molecular flexibility index (Phi) is 4.59. The summed E-state index contributed by atoms with van der Waals surface area (Å²) in [6, 6.07) is 0. The average molecular weight is 315 g/mol. The molecule has 0 saturated heterocycles. The maximum Gasteiger partial charge on any atom is 0.252 e. The van der Waals surface area contributed by atoms with E-state index in [4.69, 9.17) is 0 Å². The number of amides is 1. The van der Waals surface area contributed by atoms with Crippen LogP contribution in [0, 0.1) is 19.8 Å². The fraction of sp³-hybridized carbons (Fsp3) is 0.647. The van der Waals surface area contributed by atoms with E-state index in [1.54, 1.807) is 4.52 Å². The Morgan fingerprint density at radius 2 is 2.17 bits per heavy atom. The van der Waals surface area contributed by atoms with Gasteiger partial charge in [0.15, 0.2) is 0 Å².